The Morgan fingerprint density at radius 2 is 1.70 bits per heavy atom. The number of hydrogen-bond donors (Lipinski definition) is 0. The van der Waals surface area contributed by atoms with E-state index in [9.17, 15) is 17.6 Å². The molecule has 3 aromatic rings. The molecule has 0 fully saturated rings. The minimum Gasteiger partial charge on any atom is -0.379 e. The van der Waals surface area contributed by atoms with Crippen LogP contribution in [0, 0.1) is 11.7 Å². The number of halogens is 1. The maximum absolute atomic E-state index is 13.1. The van der Waals surface area contributed by atoms with Gasteiger partial charge in [0.2, 0.25) is 5.91 Å². The second-order valence-corrected chi connectivity index (χ2v) is 9.54. The van der Waals surface area contributed by atoms with Gasteiger partial charge in [0.25, 0.3) is 0 Å². The highest BCUT2D eigenvalue weighted by atomic mass is 32.2. The summed E-state index contributed by atoms with van der Waals surface area (Å²) in [7, 11) is -4.11. The van der Waals surface area contributed by atoms with Crippen LogP contribution in [0.25, 0.3) is 6.08 Å². The number of carbonyl (C=O) groups is 1. The van der Waals surface area contributed by atoms with Crippen molar-refractivity contribution < 1.29 is 21.8 Å². The van der Waals surface area contributed by atoms with Gasteiger partial charge in [-0.05, 0) is 59.5 Å². The first-order valence-corrected chi connectivity index (χ1v) is 11.9. The Bertz CT molecular complexity index is 1210. The number of nitrogens with zero attached hydrogens (tertiary/aromatic N) is 1. The van der Waals surface area contributed by atoms with Crippen LogP contribution in [0.15, 0.2) is 89.8 Å². The first kappa shape index (κ1) is 24.2. The van der Waals surface area contributed by atoms with Crippen molar-refractivity contribution in [3.05, 3.63) is 102 Å². The molecule has 0 aromatic heterocycles. The fraction of sp³-hybridized carbons (Fsp3) is 0.192. The van der Waals surface area contributed by atoms with E-state index in [0.717, 1.165) is 35.4 Å². The Kier molecular flexibility index (Phi) is 8.01. The summed E-state index contributed by atoms with van der Waals surface area (Å²) in [6.07, 6.45) is 3.31. The molecule has 0 unspecified atom stereocenters. The standard InChI is InChI=1S/C26H26FNO4S/c1-20(2)18-28(26(29)16-11-21-7-4-3-5-8-21)19-22-9-6-10-24(17-22)32-33(30,31)25-14-12-23(27)13-15-25/h3-17,20H,18-19H2,1-2H3. The fourth-order valence-corrected chi connectivity index (χ4v) is 4.13. The van der Waals surface area contributed by atoms with Gasteiger partial charge in [-0.1, -0.05) is 56.3 Å². The third-order valence-corrected chi connectivity index (χ3v) is 5.96. The minimum absolute atomic E-state index is 0.119. The van der Waals surface area contributed by atoms with Crippen LogP contribution in [0.3, 0.4) is 0 Å². The normalized spacial score (nSPS) is 11.6. The van der Waals surface area contributed by atoms with Crippen LogP contribution in [0.4, 0.5) is 4.39 Å². The summed E-state index contributed by atoms with van der Waals surface area (Å²) in [6.45, 7) is 4.88. The average molecular weight is 468 g/mol. The molecule has 3 aromatic carbocycles. The Morgan fingerprint density at radius 3 is 2.36 bits per heavy atom. The molecule has 172 valence electrons. The Hall–Kier alpha value is -3.45. The zero-order valence-corrected chi connectivity index (χ0v) is 19.3. The Morgan fingerprint density at radius 1 is 1.00 bits per heavy atom. The van der Waals surface area contributed by atoms with E-state index in [4.69, 9.17) is 4.18 Å². The molecule has 0 aliphatic carbocycles. The van der Waals surface area contributed by atoms with Crippen molar-refractivity contribution >= 4 is 22.1 Å². The molecule has 0 bridgehead atoms. The van der Waals surface area contributed by atoms with Crippen LogP contribution in [0.2, 0.25) is 0 Å². The van der Waals surface area contributed by atoms with Gasteiger partial charge in [-0.15, -0.1) is 0 Å². The second-order valence-electron chi connectivity index (χ2n) is 8.00. The summed E-state index contributed by atoms with van der Waals surface area (Å²) in [4.78, 5) is 14.4. The predicted molar refractivity (Wildman–Crippen MR) is 126 cm³/mol. The highest BCUT2D eigenvalue weighted by molar-refractivity contribution is 7.87. The summed E-state index contributed by atoms with van der Waals surface area (Å²) >= 11 is 0. The van der Waals surface area contributed by atoms with E-state index in [1.54, 1.807) is 29.2 Å². The SMILES string of the molecule is CC(C)CN(Cc1cccc(OS(=O)(=O)c2ccc(F)cc2)c1)C(=O)C=Cc1ccccc1. The van der Waals surface area contributed by atoms with Gasteiger partial charge in [0.1, 0.15) is 16.5 Å². The fourth-order valence-electron chi connectivity index (χ4n) is 3.20. The Balaban J connectivity index is 1.75. The lowest BCUT2D eigenvalue weighted by Crippen LogP contribution is -2.32. The lowest BCUT2D eigenvalue weighted by Gasteiger charge is -2.23. The van der Waals surface area contributed by atoms with Crippen LogP contribution >= 0.6 is 0 Å². The van der Waals surface area contributed by atoms with Gasteiger partial charge in [0.05, 0.1) is 0 Å². The topological polar surface area (TPSA) is 63.7 Å². The summed E-state index contributed by atoms with van der Waals surface area (Å²) in [5.74, 6) is -0.309. The molecule has 7 heteroatoms. The second kappa shape index (κ2) is 10.9. The van der Waals surface area contributed by atoms with Crippen molar-refractivity contribution in [2.24, 2.45) is 5.92 Å². The maximum atomic E-state index is 13.1. The van der Waals surface area contributed by atoms with Crippen molar-refractivity contribution in [1.82, 2.24) is 4.90 Å². The summed E-state index contributed by atoms with van der Waals surface area (Å²) < 4.78 is 43.3. The molecule has 0 atom stereocenters. The van der Waals surface area contributed by atoms with Crippen molar-refractivity contribution in [2.45, 2.75) is 25.3 Å². The molecule has 3 rings (SSSR count). The van der Waals surface area contributed by atoms with Crippen LogP contribution in [0.5, 0.6) is 5.75 Å². The third-order valence-electron chi connectivity index (χ3n) is 4.70. The van der Waals surface area contributed by atoms with Crippen molar-refractivity contribution in [3.63, 3.8) is 0 Å². The predicted octanol–water partition coefficient (Wildman–Crippen LogP) is 5.29. The van der Waals surface area contributed by atoms with Crippen LogP contribution < -0.4 is 4.18 Å². The molecule has 0 saturated heterocycles. The number of hydrogen-bond acceptors (Lipinski definition) is 4. The number of carbonyl (C=O) groups excluding carboxylic acids is 1. The molecule has 33 heavy (non-hydrogen) atoms. The lowest BCUT2D eigenvalue weighted by atomic mass is 10.1. The number of amides is 1. The molecule has 0 N–H and O–H groups in total. The van der Waals surface area contributed by atoms with Gasteiger partial charge in [-0.3, -0.25) is 4.79 Å². The van der Waals surface area contributed by atoms with E-state index in [1.165, 1.54) is 12.1 Å². The van der Waals surface area contributed by atoms with Gasteiger partial charge >= 0.3 is 10.1 Å². The minimum atomic E-state index is -4.11. The summed E-state index contributed by atoms with van der Waals surface area (Å²) in [5, 5.41) is 0. The van der Waals surface area contributed by atoms with Gasteiger partial charge in [-0.25, -0.2) is 4.39 Å². The highest BCUT2D eigenvalue weighted by Crippen LogP contribution is 2.21. The van der Waals surface area contributed by atoms with Crippen LogP contribution in [-0.4, -0.2) is 25.8 Å². The summed E-state index contributed by atoms with van der Waals surface area (Å²) in [5.41, 5.74) is 1.65. The van der Waals surface area contributed by atoms with Gasteiger partial charge in [0.15, 0.2) is 0 Å². The first-order chi connectivity index (χ1) is 15.7. The lowest BCUT2D eigenvalue weighted by molar-refractivity contribution is -0.127. The van der Waals surface area contributed by atoms with E-state index < -0.39 is 15.9 Å². The maximum Gasteiger partial charge on any atom is 0.339 e. The zero-order valence-electron chi connectivity index (χ0n) is 18.5. The average Bonchev–Trinajstić information content (AvgIpc) is 2.77. The molecule has 0 heterocycles. The van der Waals surface area contributed by atoms with E-state index in [-0.39, 0.29) is 22.5 Å². The first-order valence-electron chi connectivity index (χ1n) is 10.5. The van der Waals surface area contributed by atoms with Crippen LogP contribution in [0.1, 0.15) is 25.0 Å². The number of benzene rings is 3. The Labute approximate surface area is 194 Å². The van der Waals surface area contributed by atoms with Crippen molar-refractivity contribution in [3.8, 4) is 5.75 Å². The molecule has 0 aliphatic rings. The van der Waals surface area contributed by atoms with Gasteiger partial charge in [-0.2, -0.15) is 8.42 Å². The molecule has 0 spiro atoms. The summed E-state index contributed by atoms with van der Waals surface area (Å²) in [6, 6.07) is 20.6. The van der Waals surface area contributed by atoms with Crippen molar-refractivity contribution in [2.75, 3.05) is 6.54 Å². The highest BCUT2D eigenvalue weighted by Gasteiger charge is 2.18. The molecular weight excluding hydrogens is 441 g/mol. The van der Waals surface area contributed by atoms with Gasteiger partial charge in [0, 0.05) is 19.2 Å². The van der Waals surface area contributed by atoms with E-state index in [1.807, 2.05) is 44.2 Å². The molecule has 5 nitrogen and oxygen atoms in total. The quantitative estimate of drug-likeness (QED) is 0.317. The largest absolute Gasteiger partial charge is 0.379 e. The van der Waals surface area contributed by atoms with Crippen LogP contribution in [-0.2, 0) is 21.5 Å². The van der Waals surface area contributed by atoms with E-state index in [2.05, 4.69) is 0 Å². The molecule has 1 amide bonds. The molecule has 0 radical (unpaired) electrons. The third kappa shape index (κ3) is 7.29. The molecular formula is C26H26FNO4S. The molecule has 0 aliphatic heterocycles. The van der Waals surface area contributed by atoms with Crippen molar-refractivity contribution in [1.29, 1.82) is 0 Å². The smallest absolute Gasteiger partial charge is 0.339 e. The zero-order chi connectivity index (χ0) is 23.8. The van der Waals surface area contributed by atoms with E-state index >= 15 is 0 Å². The van der Waals surface area contributed by atoms with Gasteiger partial charge < -0.3 is 9.08 Å². The molecule has 0 saturated carbocycles. The van der Waals surface area contributed by atoms with E-state index in [0.29, 0.717) is 13.1 Å². The monoisotopic (exact) mass is 467 g/mol. The number of rotatable bonds is 9.